The molecule has 0 saturated heterocycles. The fourth-order valence-electron chi connectivity index (χ4n) is 2.44. The minimum Gasteiger partial charge on any atom is -0.488 e. The molecular formula is C19H22BrN5OS. The summed E-state index contributed by atoms with van der Waals surface area (Å²) in [5.74, 6) is 1.84. The van der Waals surface area contributed by atoms with Crippen LogP contribution in [0.15, 0.2) is 58.2 Å². The largest absolute Gasteiger partial charge is 0.488 e. The van der Waals surface area contributed by atoms with E-state index in [1.54, 1.807) is 16.4 Å². The maximum Gasteiger partial charge on any atom is 0.209 e. The van der Waals surface area contributed by atoms with Crippen molar-refractivity contribution in [3.63, 3.8) is 0 Å². The lowest BCUT2D eigenvalue weighted by molar-refractivity contribution is 0.304. The first-order valence-corrected chi connectivity index (χ1v) is 10.5. The Morgan fingerprint density at radius 2 is 2.00 bits per heavy atom. The van der Waals surface area contributed by atoms with Gasteiger partial charge in [0.25, 0.3) is 0 Å². The van der Waals surface area contributed by atoms with E-state index < -0.39 is 0 Å². The smallest absolute Gasteiger partial charge is 0.209 e. The van der Waals surface area contributed by atoms with Crippen LogP contribution in [0.3, 0.4) is 0 Å². The molecule has 6 nitrogen and oxygen atoms in total. The Labute approximate surface area is 171 Å². The van der Waals surface area contributed by atoms with Gasteiger partial charge in [0.1, 0.15) is 12.4 Å². The van der Waals surface area contributed by atoms with Crippen LogP contribution in [0.2, 0.25) is 0 Å². The average molecular weight is 448 g/mol. The van der Waals surface area contributed by atoms with Crippen molar-refractivity contribution in [3.05, 3.63) is 64.1 Å². The molecule has 0 aliphatic carbocycles. The van der Waals surface area contributed by atoms with E-state index in [1.807, 2.05) is 31.3 Å². The minimum atomic E-state index is 0.565. The number of nitrogens with one attached hydrogen (secondary N) is 1. The molecule has 0 radical (unpaired) electrons. The number of aryl methyl sites for hydroxylation is 1. The van der Waals surface area contributed by atoms with Gasteiger partial charge in [-0.3, -0.25) is 0 Å². The van der Waals surface area contributed by atoms with E-state index >= 15 is 0 Å². The van der Waals surface area contributed by atoms with E-state index in [4.69, 9.17) is 4.74 Å². The zero-order valence-corrected chi connectivity index (χ0v) is 17.5. The number of rotatable bonds is 10. The van der Waals surface area contributed by atoms with Crippen LogP contribution in [0.4, 0.5) is 0 Å². The van der Waals surface area contributed by atoms with Crippen molar-refractivity contribution in [2.75, 3.05) is 12.3 Å². The molecule has 0 bridgehead atoms. The summed E-state index contributed by atoms with van der Waals surface area (Å²) in [5.41, 5.74) is 2.38. The number of tetrazole rings is 1. The van der Waals surface area contributed by atoms with Gasteiger partial charge in [0.15, 0.2) is 0 Å². The molecule has 0 fully saturated rings. The number of benzene rings is 2. The Kier molecular flexibility index (Phi) is 7.67. The molecule has 27 heavy (non-hydrogen) atoms. The second-order valence-electron chi connectivity index (χ2n) is 6.00. The molecule has 0 atom stereocenters. The van der Waals surface area contributed by atoms with Crippen LogP contribution in [0.1, 0.15) is 17.5 Å². The van der Waals surface area contributed by atoms with Gasteiger partial charge in [0.05, 0.1) is 4.47 Å². The molecule has 8 heteroatoms. The van der Waals surface area contributed by atoms with Gasteiger partial charge in [0.2, 0.25) is 5.16 Å². The van der Waals surface area contributed by atoms with E-state index in [9.17, 15) is 0 Å². The quantitative estimate of drug-likeness (QED) is 0.376. The molecule has 1 heterocycles. The topological polar surface area (TPSA) is 64.9 Å². The Morgan fingerprint density at radius 3 is 2.74 bits per heavy atom. The van der Waals surface area contributed by atoms with Crippen LogP contribution in [-0.4, -0.2) is 32.5 Å². The first-order valence-electron chi connectivity index (χ1n) is 8.73. The van der Waals surface area contributed by atoms with Gasteiger partial charge in [-0.25, -0.2) is 4.68 Å². The molecule has 2 aromatic carbocycles. The van der Waals surface area contributed by atoms with Crippen molar-refractivity contribution >= 4 is 27.7 Å². The van der Waals surface area contributed by atoms with E-state index in [0.717, 1.165) is 46.2 Å². The summed E-state index contributed by atoms with van der Waals surface area (Å²) in [6.07, 6.45) is 1.05. The highest BCUT2D eigenvalue weighted by Gasteiger charge is 2.04. The second-order valence-corrected chi connectivity index (χ2v) is 7.92. The third-order valence-corrected chi connectivity index (χ3v) is 5.59. The molecule has 0 aliphatic heterocycles. The Hall–Kier alpha value is -1.90. The zero-order chi connectivity index (χ0) is 18.9. The second kappa shape index (κ2) is 10.4. The maximum atomic E-state index is 5.89. The first kappa shape index (κ1) is 19.9. The summed E-state index contributed by atoms with van der Waals surface area (Å²) >= 11 is 5.28. The lowest BCUT2D eigenvalue weighted by atomic mass is 10.2. The van der Waals surface area contributed by atoms with Gasteiger partial charge in [-0.1, -0.05) is 48.2 Å². The van der Waals surface area contributed by atoms with Crippen LogP contribution >= 0.6 is 27.7 Å². The molecule has 0 unspecified atom stereocenters. The number of halogens is 1. The van der Waals surface area contributed by atoms with Crippen LogP contribution in [0, 0.1) is 0 Å². The fourth-order valence-corrected chi connectivity index (χ4v) is 3.77. The highest BCUT2D eigenvalue weighted by molar-refractivity contribution is 9.10. The molecule has 0 spiro atoms. The summed E-state index contributed by atoms with van der Waals surface area (Å²) in [5, 5.41) is 15.7. The maximum absolute atomic E-state index is 5.89. The highest BCUT2D eigenvalue weighted by atomic mass is 79.9. The van der Waals surface area contributed by atoms with Crippen molar-refractivity contribution < 1.29 is 4.74 Å². The molecule has 1 aromatic heterocycles. The fraction of sp³-hybridized carbons (Fsp3) is 0.316. The molecule has 1 N–H and O–H groups in total. The number of hydrogen-bond acceptors (Lipinski definition) is 6. The van der Waals surface area contributed by atoms with Gasteiger partial charge in [0, 0.05) is 19.3 Å². The van der Waals surface area contributed by atoms with E-state index in [-0.39, 0.29) is 0 Å². The summed E-state index contributed by atoms with van der Waals surface area (Å²) in [4.78, 5) is 0. The Morgan fingerprint density at radius 1 is 1.15 bits per heavy atom. The molecule has 142 valence electrons. The predicted octanol–water partition coefficient (Wildman–Crippen LogP) is 3.82. The van der Waals surface area contributed by atoms with E-state index in [0.29, 0.717) is 6.61 Å². The molecule has 0 aliphatic rings. The van der Waals surface area contributed by atoms with Crippen molar-refractivity contribution in [2.45, 2.75) is 24.7 Å². The van der Waals surface area contributed by atoms with Crippen molar-refractivity contribution in [3.8, 4) is 5.75 Å². The average Bonchev–Trinajstić information content (AvgIpc) is 3.09. The van der Waals surface area contributed by atoms with Gasteiger partial charge < -0.3 is 10.1 Å². The van der Waals surface area contributed by atoms with E-state index in [1.165, 1.54) is 5.56 Å². The zero-order valence-electron chi connectivity index (χ0n) is 15.1. The number of thioether (sulfide) groups is 1. The molecule has 0 saturated carbocycles. The van der Waals surface area contributed by atoms with Crippen LogP contribution in [-0.2, 0) is 20.2 Å². The molecule has 3 aromatic rings. The summed E-state index contributed by atoms with van der Waals surface area (Å²) in [6.45, 7) is 2.34. The standard InChI is InChI=1S/C19H22BrN5OS/c1-25-19(22-23-24-25)27-11-5-10-21-13-16-8-9-18(17(20)12-16)26-14-15-6-3-2-4-7-15/h2-4,6-9,12,21H,5,10-11,13-14H2,1H3. The summed E-state index contributed by atoms with van der Waals surface area (Å²) in [7, 11) is 1.85. The number of aromatic nitrogens is 4. The van der Waals surface area contributed by atoms with Gasteiger partial charge in [-0.05, 0) is 62.6 Å². The van der Waals surface area contributed by atoms with Gasteiger partial charge >= 0.3 is 0 Å². The number of ether oxygens (including phenoxy) is 1. The SMILES string of the molecule is Cn1nnnc1SCCCNCc1ccc(OCc2ccccc2)c(Br)c1. The number of nitrogens with zero attached hydrogens (tertiary/aromatic N) is 4. The van der Waals surface area contributed by atoms with Crippen molar-refractivity contribution in [1.82, 2.24) is 25.5 Å². The Balaban J connectivity index is 1.36. The van der Waals surface area contributed by atoms with Gasteiger partial charge in [-0.2, -0.15) is 0 Å². The summed E-state index contributed by atoms with van der Waals surface area (Å²) in [6, 6.07) is 16.4. The van der Waals surface area contributed by atoms with Gasteiger partial charge in [-0.15, -0.1) is 5.10 Å². The van der Waals surface area contributed by atoms with Crippen LogP contribution in [0.25, 0.3) is 0 Å². The molecule has 0 amide bonds. The molecule has 3 rings (SSSR count). The van der Waals surface area contributed by atoms with Crippen molar-refractivity contribution in [1.29, 1.82) is 0 Å². The third kappa shape index (κ3) is 6.34. The lowest BCUT2D eigenvalue weighted by Crippen LogP contribution is -2.15. The Bertz CT molecular complexity index is 843. The predicted molar refractivity (Wildman–Crippen MR) is 111 cm³/mol. The van der Waals surface area contributed by atoms with Crippen LogP contribution < -0.4 is 10.1 Å². The summed E-state index contributed by atoms with van der Waals surface area (Å²) < 4.78 is 8.56. The monoisotopic (exact) mass is 447 g/mol. The minimum absolute atomic E-state index is 0.565. The van der Waals surface area contributed by atoms with Crippen LogP contribution in [0.5, 0.6) is 5.75 Å². The highest BCUT2D eigenvalue weighted by Crippen LogP contribution is 2.26. The first-order chi connectivity index (χ1) is 13.2. The number of hydrogen-bond donors (Lipinski definition) is 1. The third-order valence-electron chi connectivity index (χ3n) is 3.87. The van der Waals surface area contributed by atoms with Crippen molar-refractivity contribution in [2.24, 2.45) is 7.05 Å². The molecular weight excluding hydrogens is 426 g/mol. The normalized spacial score (nSPS) is 10.9. The lowest BCUT2D eigenvalue weighted by Gasteiger charge is -2.10. The van der Waals surface area contributed by atoms with E-state index in [2.05, 4.69) is 61.0 Å².